The van der Waals surface area contributed by atoms with Gasteiger partial charge in [-0.05, 0) is 80.1 Å². The Balaban J connectivity index is 0.000000148. The molecule has 2 saturated heterocycles. The summed E-state index contributed by atoms with van der Waals surface area (Å²) in [5, 5.41) is 25.7. The fraction of sp³-hybridized carbons (Fsp3) is 0.302. The van der Waals surface area contributed by atoms with Crippen LogP contribution in [0.25, 0.3) is 33.4 Å². The zero-order valence-electron chi connectivity index (χ0n) is 32.3. The molecule has 0 amide bonds. The number of aromatic nitrogens is 8. The van der Waals surface area contributed by atoms with Crippen molar-refractivity contribution in [2.24, 2.45) is 0 Å². The minimum absolute atomic E-state index is 0.0449. The maximum Gasteiger partial charge on any atom is 0.263 e. The normalized spacial score (nSPS) is 14.2. The average molecular weight is 763 g/mol. The Morgan fingerprint density at radius 1 is 0.561 bits per heavy atom. The van der Waals surface area contributed by atoms with Gasteiger partial charge in [-0.2, -0.15) is 0 Å². The first-order chi connectivity index (χ1) is 28.0. The van der Waals surface area contributed by atoms with Crippen molar-refractivity contribution in [2.75, 3.05) is 60.2 Å². The van der Waals surface area contributed by atoms with E-state index in [1.807, 2.05) is 120 Å². The average Bonchev–Trinajstić information content (AvgIpc) is 4.10. The molecule has 2 aliphatic rings. The lowest BCUT2D eigenvalue weighted by Crippen LogP contribution is -2.26. The van der Waals surface area contributed by atoms with Gasteiger partial charge in [0, 0.05) is 51.1 Å². The summed E-state index contributed by atoms with van der Waals surface area (Å²) in [4.78, 5) is 31.3. The standard InChI is InChI=1S/C22H24N6O.C21H22N6O/c1-2-23-17-10-11-19-18(14-17)20(29)27(15-16-8-4-3-5-9-16)22-25-24-21(28(19)22)26-12-6-7-13-26;1-22-16-9-10-17-18(13-16)27-20(25-11-5-6-12-25)23-24-21(27)26(19(17)28)14-15-7-3-2-4-8-15/h3-5,8-11,14,23H,2,6-7,12-13,15H2,1H3;2-4,7-10,13,22H,5-6,11-12,14H2,1H3. The van der Waals surface area contributed by atoms with Gasteiger partial charge in [0.25, 0.3) is 11.1 Å². The highest BCUT2D eigenvalue weighted by molar-refractivity contribution is 5.86. The van der Waals surface area contributed by atoms with E-state index < -0.39 is 0 Å². The number of fused-ring (bicyclic) bond motifs is 6. The van der Waals surface area contributed by atoms with E-state index >= 15 is 0 Å². The molecule has 2 fully saturated rings. The van der Waals surface area contributed by atoms with Gasteiger partial charge >= 0.3 is 0 Å². The second-order valence-corrected chi connectivity index (χ2v) is 14.7. The Hall–Kier alpha value is -6.70. The second-order valence-electron chi connectivity index (χ2n) is 14.7. The highest BCUT2D eigenvalue weighted by Crippen LogP contribution is 2.27. The molecule has 0 aliphatic carbocycles. The number of nitrogens with one attached hydrogen (secondary N) is 2. The molecular formula is C43H46N12O2. The molecule has 0 saturated carbocycles. The van der Waals surface area contributed by atoms with Gasteiger partial charge in [0.1, 0.15) is 0 Å². The van der Waals surface area contributed by atoms with E-state index in [1.165, 1.54) is 0 Å². The van der Waals surface area contributed by atoms with Crippen LogP contribution in [0.1, 0.15) is 43.7 Å². The maximum atomic E-state index is 13.5. The number of nitrogens with zero attached hydrogens (tertiary/aromatic N) is 10. The molecule has 2 aliphatic heterocycles. The molecular weight excluding hydrogens is 717 g/mol. The maximum absolute atomic E-state index is 13.5. The van der Waals surface area contributed by atoms with Crippen LogP contribution in [-0.2, 0) is 13.1 Å². The molecule has 14 nitrogen and oxygen atoms in total. The molecule has 10 rings (SSSR count). The van der Waals surface area contributed by atoms with Crippen LogP contribution in [0.15, 0.2) is 107 Å². The van der Waals surface area contributed by atoms with Crippen LogP contribution in [0.2, 0.25) is 0 Å². The molecule has 2 N–H and O–H groups in total. The number of rotatable bonds is 9. The zero-order chi connectivity index (χ0) is 38.9. The SMILES string of the molecule is CCNc1ccc2c(c1)c(=O)n(Cc1ccccc1)c1nnc(N3CCCC3)n21.CNc1ccc2c(=O)n(Cc3ccccc3)c3nnc(N4CCCC4)n3c2c1. The fourth-order valence-corrected chi connectivity index (χ4v) is 8.12. The van der Waals surface area contributed by atoms with Gasteiger partial charge in [-0.15, -0.1) is 20.4 Å². The molecule has 0 unspecified atom stereocenters. The molecule has 0 spiro atoms. The summed E-state index contributed by atoms with van der Waals surface area (Å²) in [6, 6.07) is 31.8. The third-order valence-corrected chi connectivity index (χ3v) is 11.0. The summed E-state index contributed by atoms with van der Waals surface area (Å²) < 4.78 is 7.54. The lowest BCUT2D eigenvalue weighted by molar-refractivity contribution is 0.765. The van der Waals surface area contributed by atoms with Gasteiger partial charge in [0.15, 0.2) is 0 Å². The molecule has 4 aromatic carbocycles. The summed E-state index contributed by atoms with van der Waals surface area (Å²) in [5.74, 6) is 2.80. The van der Waals surface area contributed by atoms with Gasteiger partial charge in [-0.3, -0.25) is 18.7 Å². The number of hydrogen-bond donors (Lipinski definition) is 2. The van der Waals surface area contributed by atoms with Crippen molar-refractivity contribution >= 4 is 56.6 Å². The first-order valence-corrected chi connectivity index (χ1v) is 19.8. The van der Waals surface area contributed by atoms with Crippen molar-refractivity contribution in [3.63, 3.8) is 0 Å². The van der Waals surface area contributed by atoms with Crippen molar-refractivity contribution in [3.05, 3.63) is 129 Å². The van der Waals surface area contributed by atoms with Gasteiger partial charge in [0.2, 0.25) is 23.5 Å². The molecule has 0 atom stereocenters. The van der Waals surface area contributed by atoms with E-state index in [2.05, 4.69) is 40.8 Å². The van der Waals surface area contributed by atoms with Crippen molar-refractivity contribution in [2.45, 2.75) is 45.7 Å². The second kappa shape index (κ2) is 15.4. The summed E-state index contributed by atoms with van der Waals surface area (Å²) in [6.45, 7) is 7.64. The molecule has 14 heteroatoms. The van der Waals surface area contributed by atoms with Crippen molar-refractivity contribution in [3.8, 4) is 0 Å². The minimum Gasteiger partial charge on any atom is -0.388 e. The molecule has 6 heterocycles. The third kappa shape index (κ3) is 6.70. The van der Waals surface area contributed by atoms with Crippen LogP contribution < -0.4 is 31.6 Å². The smallest absolute Gasteiger partial charge is 0.263 e. The number of anilines is 4. The van der Waals surface area contributed by atoms with Crippen molar-refractivity contribution < 1.29 is 0 Å². The Labute approximate surface area is 329 Å². The zero-order valence-corrected chi connectivity index (χ0v) is 32.3. The van der Waals surface area contributed by atoms with Crippen LogP contribution in [0.5, 0.6) is 0 Å². The predicted octanol–water partition coefficient (Wildman–Crippen LogP) is 5.86. The largest absolute Gasteiger partial charge is 0.388 e. The predicted molar refractivity (Wildman–Crippen MR) is 227 cm³/mol. The van der Waals surface area contributed by atoms with Gasteiger partial charge in [-0.25, -0.2) is 8.80 Å². The quantitative estimate of drug-likeness (QED) is 0.184. The molecule has 4 aromatic heterocycles. The molecule has 0 radical (unpaired) electrons. The summed E-state index contributed by atoms with van der Waals surface area (Å²) in [7, 11) is 1.88. The van der Waals surface area contributed by atoms with Gasteiger partial charge in [0.05, 0.1) is 34.9 Å². The minimum atomic E-state index is -0.0469. The Kier molecular flexibility index (Phi) is 9.74. The third-order valence-electron chi connectivity index (χ3n) is 11.0. The lowest BCUT2D eigenvalue weighted by Gasteiger charge is -2.17. The summed E-state index contributed by atoms with van der Waals surface area (Å²) in [5.41, 5.74) is 5.61. The first kappa shape index (κ1) is 36.0. The fourth-order valence-electron chi connectivity index (χ4n) is 8.12. The van der Waals surface area contributed by atoms with Crippen LogP contribution >= 0.6 is 0 Å². The van der Waals surface area contributed by atoms with Gasteiger partial charge in [-0.1, -0.05) is 60.7 Å². The topological polar surface area (TPSA) is 135 Å². The van der Waals surface area contributed by atoms with E-state index in [1.54, 1.807) is 9.13 Å². The van der Waals surface area contributed by atoms with Crippen LogP contribution in [0.4, 0.5) is 23.3 Å². The van der Waals surface area contributed by atoms with Crippen molar-refractivity contribution in [1.82, 2.24) is 38.3 Å². The number of hydrogen-bond acceptors (Lipinski definition) is 10. The first-order valence-electron chi connectivity index (χ1n) is 19.8. The Morgan fingerprint density at radius 3 is 1.60 bits per heavy atom. The Bertz CT molecular complexity index is 2810. The highest BCUT2D eigenvalue weighted by Gasteiger charge is 2.24. The lowest BCUT2D eigenvalue weighted by atomic mass is 10.2. The monoisotopic (exact) mass is 762 g/mol. The van der Waals surface area contributed by atoms with Crippen molar-refractivity contribution in [1.29, 1.82) is 0 Å². The van der Waals surface area contributed by atoms with E-state index in [4.69, 9.17) is 0 Å². The van der Waals surface area contributed by atoms with Gasteiger partial charge < -0.3 is 20.4 Å². The van der Waals surface area contributed by atoms with E-state index in [9.17, 15) is 9.59 Å². The van der Waals surface area contributed by atoms with E-state index in [-0.39, 0.29) is 11.1 Å². The van der Waals surface area contributed by atoms with Crippen LogP contribution in [-0.4, -0.2) is 78.1 Å². The molecule has 57 heavy (non-hydrogen) atoms. The Morgan fingerprint density at radius 2 is 1.07 bits per heavy atom. The molecule has 0 bridgehead atoms. The highest BCUT2D eigenvalue weighted by atomic mass is 16.1. The van der Waals surface area contributed by atoms with Crippen LogP contribution in [0.3, 0.4) is 0 Å². The van der Waals surface area contributed by atoms with Crippen LogP contribution in [0, 0.1) is 0 Å². The molecule has 8 aromatic rings. The summed E-state index contributed by atoms with van der Waals surface area (Å²) >= 11 is 0. The number of benzene rings is 4. The van der Waals surface area contributed by atoms with E-state index in [0.717, 1.165) is 104 Å². The van der Waals surface area contributed by atoms with E-state index in [0.29, 0.717) is 35.4 Å². The molecule has 290 valence electrons. The summed E-state index contributed by atoms with van der Waals surface area (Å²) in [6.07, 6.45) is 4.61.